The molecule has 6 nitrogen and oxygen atoms in total. The zero-order chi connectivity index (χ0) is 19.4. The van der Waals surface area contributed by atoms with Gasteiger partial charge in [-0.05, 0) is 33.6 Å². The Labute approximate surface area is 163 Å². The van der Waals surface area contributed by atoms with Gasteiger partial charge in [0.25, 0.3) is 5.91 Å². The largest absolute Gasteiger partial charge is 0.394 e. The lowest BCUT2D eigenvalue weighted by molar-refractivity contribution is 0.0912. The number of nitrogens with one attached hydrogen (secondary N) is 1. The Bertz CT molecular complexity index is 969. The highest BCUT2D eigenvalue weighted by Crippen LogP contribution is 2.26. The van der Waals surface area contributed by atoms with Crippen LogP contribution in [0.2, 0.25) is 0 Å². The highest BCUT2D eigenvalue weighted by molar-refractivity contribution is 9.10. The van der Waals surface area contributed by atoms with Crippen molar-refractivity contribution < 1.29 is 14.3 Å². The third-order valence-electron chi connectivity index (χ3n) is 3.95. The predicted molar refractivity (Wildman–Crippen MR) is 103 cm³/mol. The molecule has 0 bridgehead atoms. The average Bonchev–Trinajstić information content (AvgIpc) is 2.68. The number of aromatic nitrogens is 2. The van der Waals surface area contributed by atoms with Gasteiger partial charge in [-0.2, -0.15) is 0 Å². The van der Waals surface area contributed by atoms with Crippen molar-refractivity contribution in [3.8, 4) is 11.3 Å². The number of aliphatic hydroxyl groups excluding tert-OH is 1. The lowest BCUT2D eigenvalue weighted by Gasteiger charge is -2.17. The van der Waals surface area contributed by atoms with Crippen LogP contribution in [0.15, 0.2) is 59.3 Å². The number of anilines is 1. The summed E-state index contributed by atoms with van der Waals surface area (Å²) in [5.74, 6) is -1.20. The monoisotopic (exact) mass is 430 g/mol. The molecule has 8 heteroatoms. The van der Waals surface area contributed by atoms with Crippen LogP contribution in [-0.2, 0) is 0 Å². The summed E-state index contributed by atoms with van der Waals surface area (Å²) in [6, 6.07) is 12.4. The van der Waals surface area contributed by atoms with Crippen LogP contribution >= 0.6 is 15.9 Å². The maximum Gasteiger partial charge on any atom is 0.254 e. The van der Waals surface area contributed by atoms with Gasteiger partial charge in [-0.25, -0.2) is 14.4 Å². The normalized spacial score (nSPS) is 11.8. The highest BCUT2D eigenvalue weighted by Gasteiger charge is 2.19. The predicted octanol–water partition coefficient (Wildman–Crippen LogP) is 3.09. The van der Waals surface area contributed by atoms with Crippen molar-refractivity contribution in [1.29, 1.82) is 0 Å². The molecule has 3 aromatic rings. The van der Waals surface area contributed by atoms with E-state index >= 15 is 0 Å². The zero-order valence-corrected chi connectivity index (χ0v) is 15.6. The van der Waals surface area contributed by atoms with E-state index < -0.39 is 17.8 Å². The fraction of sp³-hybridized carbons (Fsp3) is 0.105. The summed E-state index contributed by atoms with van der Waals surface area (Å²) in [6.45, 7) is -0.306. The molecule has 0 aliphatic heterocycles. The number of nitrogens with two attached hydrogens (primary N) is 1. The molecule has 3 rings (SSSR count). The van der Waals surface area contributed by atoms with Gasteiger partial charge in [-0.15, -0.1) is 0 Å². The maximum atomic E-state index is 14.6. The van der Waals surface area contributed by atoms with Gasteiger partial charge in [0.05, 0.1) is 24.4 Å². The van der Waals surface area contributed by atoms with Crippen LogP contribution < -0.4 is 11.1 Å². The summed E-state index contributed by atoms with van der Waals surface area (Å²) in [7, 11) is 0. The first-order valence-corrected chi connectivity index (χ1v) is 8.83. The highest BCUT2D eigenvalue weighted by atomic mass is 79.9. The number of nitrogen functional groups attached to an aromatic ring is 1. The smallest absolute Gasteiger partial charge is 0.254 e. The zero-order valence-electron chi connectivity index (χ0n) is 14.1. The Morgan fingerprint density at radius 2 is 2.00 bits per heavy atom. The summed E-state index contributed by atoms with van der Waals surface area (Å²) in [6.07, 6.45) is 1.44. The topological polar surface area (TPSA) is 101 Å². The molecule has 1 heterocycles. The Balaban J connectivity index is 1.85. The molecular weight excluding hydrogens is 415 g/mol. The number of carbonyl (C=O) groups is 1. The number of benzene rings is 2. The van der Waals surface area contributed by atoms with Gasteiger partial charge in [-0.1, -0.05) is 36.4 Å². The molecular formula is C19H16BrFN4O2. The Kier molecular flexibility index (Phi) is 5.78. The summed E-state index contributed by atoms with van der Waals surface area (Å²) in [5, 5.41) is 12.2. The molecule has 0 saturated heterocycles. The molecule has 0 radical (unpaired) electrons. The minimum absolute atomic E-state index is 0.144. The van der Waals surface area contributed by atoms with Gasteiger partial charge in [0.15, 0.2) is 0 Å². The fourth-order valence-electron chi connectivity index (χ4n) is 2.59. The van der Waals surface area contributed by atoms with Crippen LogP contribution in [0.1, 0.15) is 22.0 Å². The molecule has 0 unspecified atom stereocenters. The lowest BCUT2D eigenvalue weighted by atomic mass is 10.1. The van der Waals surface area contributed by atoms with E-state index in [0.717, 1.165) is 5.56 Å². The Morgan fingerprint density at radius 3 is 2.67 bits per heavy atom. The van der Waals surface area contributed by atoms with Crippen LogP contribution in [-0.4, -0.2) is 27.6 Å². The summed E-state index contributed by atoms with van der Waals surface area (Å²) >= 11 is 3.20. The molecule has 1 amide bonds. The van der Waals surface area contributed by atoms with Gasteiger partial charge in [0, 0.05) is 5.56 Å². The third-order valence-corrected chi connectivity index (χ3v) is 4.33. The van der Waals surface area contributed by atoms with Crippen molar-refractivity contribution in [3.05, 3.63) is 76.3 Å². The number of rotatable bonds is 5. The van der Waals surface area contributed by atoms with Gasteiger partial charge < -0.3 is 16.2 Å². The number of carbonyl (C=O) groups excluding carboxylic acids is 1. The van der Waals surface area contributed by atoms with Crippen molar-refractivity contribution in [2.24, 2.45) is 0 Å². The number of hydrogen-bond donors (Lipinski definition) is 3. The summed E-state index contributed by atoms with van der Waals surface area (Å²) in [4.78, 5) is 20.6. The van der Waals surface area contributed by atoms with Crippen molar-refractivity contribution in [2.45, 2.75) is 6.04 Å². The molecule has 0 saturated carbocycles. The Morgan fingerprint density at radius 1 is 1.26 bits per heavy atom. The Hall–Kier alpha value is -2.84. The van der Waals surface area contributed by atoms with Crippen molar-refractivity contribution in [3.63, 3.8) is 0 Å². The van der Waals surface area contributed by atoms with E-state index in [1.54, 1.807) is 30.3 Å². The van der Waals surface area contributed by atoms with E-state index in [2.05, 4.69) is 31.2 Å². The van der Waals surface area contributed by atoms with E-state index in [-0.39, 0.29) is 18.0 Å². The first kappa shape index (κ1) is 18.9. The van der Waals surface area contributed by atoms with Crippen molar-refractivity contribution in [1.82, 2.24) is 15.3 Å². The molecule has 138 valence electrons. The van der Waals surface area contributed by atoms with Crippen LogP contribution in [0.3, 0.4) is 0 Å². The number of halogens is 2. The maximum absolute atomic E-state index is 14.6. The van der Waals surface area contributed by atoms with E-state index in [1.165, 1.54) is 18.3 Å². The number of nitrogens with zero attached hydrogens (tertiary/aromatic N) is 2. The van der Waals surface area contributed by atoms with E-state index in [4.69, 9.17) is 5.73 Å². The lowest BCUT2D eigenvalue weighted by Crippen LogP contribution is -2.31. The van der Waals surface area contributed by atoms with Crippen LogP contribution in [0, 0.1) is 5.82 Å². The van der Waals surface area contributed by atoms with Crippen LogP contribution in [0.5, 0.6) is 0 Å². The molecule has 1 aromatic heterocycles. The minimum atomic E-state index is -0.726. The van der Waals surface area contributed by atoms with Gasteiger partial charge >= 0.3 is 0 Å². The quantitative estimate of drug-likeness (QED) is 0.577. The van der Waals surface area contributed by atoms with Gasteiger partial charge in [0.2, 0.25) is 0 Å². The van der Waals surface area contributed by atoms with Crippen LogP contribution in [0.25, 0.3) is 11.3 Å². The number of amides is 1. The van der Waals surface area contributed by atoms with E-state index in [1.807, 2.05) is 6.07 Å². The summed E-state index contributed by atoms with van der Waals surface area (Å²) in [5.41, 5.74) is 7.09. The second-order valence-electron chi connectivity index (χ2n) is 5.74. The number of aliphatic hydroxyl groups is 1. The first-order valence-electron chi connectivity index (χ1n) is 8.04. The molecule has 0 aliphatic rings. The summed E-state index contributed by atoms with van der Waals surface area (Å²) < 4.78 is 15.0. The van der Waals surface area contributed by atoms with Crippen molar-refractivity contribution in [2.75, 3.05) is 12.3 Å². The molecule has 27 heavy (non-hydrogen) atoms. The van der Waals surface area contributed by atoms with E-state index in [0.29, 0.717) is 15.9 Å². The number of hydrogen-bond acceptors (Lipinski definition) is 5. The molecule has 0 aliphatic carbocycles. The molecule has 0 fully saturated rings. The molecule has 1 atom stereocenters. The van der Waals surface area contributed by atoms with Crippen LogP contribution in [0.4, 0.5) is 10.2 Å². The first-order chi connectivity index (χ1) is 13.0. The SMILES string of the molecule is Nc1ncc(Br)nc1-c1ccc(C(=O)N[C@H](CO)c2ccccc2)c(F)c1. The fourth-order valence-corrected chi connectivity index (χ4v) is 2.87. The third kappa shape index (κ3) is 4.29. The molecule has 2 aromatic carbocycles. The minimum Gasteiger partial charge on any atom is -0.394 e. The average molecular weight is 431 g/mol. The van der Waals surface area contributed by atoms with Crippen molar-refractivity contribution >= 4 is 27.7 Å². The standard InChI is InChI=1S/C19H16BrFN4O2/c20-16-9-23-18(22)17(25-16)12-6-7-13(14(21)8-12)19(27)24-15(10-26)11-4-2-1-3-5-11/h1-9,15,26H,10H2,(H2,22,23)(H,24,27)/t15-/m1/s1. The second-order valence-corrected chi connectivity index (χ2v) is 6.55. The molecule has 4 N–H and O–H groups in total. The second kappa shape index (κ2) is 8.24. The molecule has 0 spiro atoms. The van der Waals surface area contributed by atoms with Gasteiger partial charge in [0.1, 0.15) is 21.9 Å². The van der Waals surface area contributed by atoms with E-state index in [9.17, 15) is 14.3 Å². The van der Waals surface area contributed by atoms with Gasteiger partial charge in [-0.3, -0.25) is 4.79 Å².